The van der Waals surface area contributed by atoms with Crippen molar-refractivity contribution in [2.75, 3.05) is 19.1 Å². The summed E-state index contributed by atoms with van der Waals surface area (Å²) in [5.74, 6) is -0.885. The first-order valence-electron chi connectivity index (χ1n) is 8.47. The molecule has 8 heteroatoms. The molecule has 146 valence electrons. The van der Waals surface area contributed by atoms with E-state index in [4.69, 9.17) is 0 Å². The van der Waals surface area contributed by atoms with Gasteiger partial charge in [0.05, 0.1) is 5.75 Å². The van der Waals surface area contributed by atoms with Gasteiger partial charge in [-0.2, -0.15) is 11.3 Å². The first-order valence-corrected chi connectivity index (χ1v) is 11.5. The molecule has 1 N–H and O–H groups in total. The largest absolute Gasteiger partial charge is 0.340 e. The van der Waals surface area contributed by atoms with Crippen molar-refractivity contribution in [3.05, 3.63) is 57.8 Å². The number of carbonyl (C=O) groups excluding carboxylic acids is 2. The molecule has 2 amide bonds. The molecule has 0 bridgehead atoms. The molecule has 27 heavy (non-hydrogen) atoms. The second kappa shape index (κ2) is 9.14. The van der Waals surface area contributed by atoms with E-state index >= 15 is 0 Å². The summed E-state index contributed by atoms with van der Waals surface area (Å²) in [7, 11) is -1.61. The number of carbonyl (C=O) groups is 2. The van der Waals surface area contributed by atoms with Gasteiger partial charge in [0, 0.05) is 25.4 Å². The minimum atomic E-state index is -3.26. The lowest BCUT2D eigenvalue weighted by molar-refractivity contribution is -0.132. The molecule has 1 aromatic carbocycles. The molecule has 1 atom stereocenters. The highest BCUT2D eigenvalue weighted by Crippen LogP contribution is 2.11. The number of thiophene rings is 1. The van der Waals surface area contributed by atoms with E-state index in [1.165, 1.54) is 16.2 Å². The van der Waals surface area contributed by atoms with Crippen LogP contribution in [-0.2, 0) is 21.2 Å². The molecule has 0 aliphatic heterocycles. The highest BCUT2D eigenvalue weighted by molar-refractivity contribution is 7.90. The average molecular weight is 409 g/mol. The quantitative estimate of drug-likeness (QED) is 0.726. The molecule has 0 saturated carbocycles. The average Bonchev–Trinajstić information content (AvgIpc) is 3.09. The van der Waals surface area contributed by atoms with Gasteiger partial charge in [-0.05, 0) is 47.9 Å². The third-order valence-electron chi connectivity index (χ3n) is 4.04. The van der Waals surface area contributed by atoms with Crippen LogP contribution in [0.25, 0.3) is 0 Å². The maximum absolute atomic E-state index is 12.8. The minimum absolute atomic E-state index is 0.0310. The second-order valence-electron chi connectivity index (χ2n) is 6.64. The molecule has 0 radical (unpaired) electrons. The Balaban J connectivity index is 2.14. The van der Waals surface area contributed by atoms with Crippen molar-refractivity contribution in [2.45, 2.75) is 25.9 Å². The standard InChI is InChI=1S/C19H24N2O4S2/c1-14-5-4-6-16(11-14)18(22)20-17(8-10-27(3,24)25)19(23)21(2)12-15-7-9-26-13-15/h4-7,9,11,13,17H,8,10,12H2,1-3H3,(H,20,22)/t17-/m0/s1. The van der Waals surface area contributed by atoms with Crippen molar-refractivity contribution < 1.29 is 18.0 Å². The molecule has 0 fully saturated rings. The highest BCUT2D eigenvalue weighted by Gasteiger charge is 2.26. The fraction of sp³-hybridized carbons (Fsp3) is 0.368. The lowest BCUT2D eigenvalue weighted by atomic mass is 10.1. The van der Waals surface area contributed by atoms with Crippen molar-refractivity contribution in [3.63, 3.8) is 0 Å². The molecular weight excluding hydrogens is 384 g/mol. The van der Waals surface area contributed by atoms with E-state index < -0.39 is 21.8 Å². The summed E-state index contributed by atoms with van der Waals surface area (Å²) in [4.78, 5) is 26.9. The van der Waals surface area contributed by atoms with Crippen molar-refractivity contribution in [1.82, 2.24) is 10.2 Å². The summed E-state index contributed by atoms with van der Waals surface area (Å²) >= 11 is 1.54. The number of hydrogen-bond acceptors (Lipinski definition) is 5. The Morgan fingerprint density at radius 2 is 2.00 bits per heavy atom. The Morgan fingerprint density at radius 3 is 2.59 bits per heavy atom. The van der Waals surface area contributed by atoms with Gasteiger partial charge in [0.25, 0.3) is 5.91 Å². The van der Waals surface area contributed by atoms with Gasteiger partial charge in [0.1, 0.15) is 15.9 Å². The topological polar surface area (TPSA) is 83.5 Å². The van der Waals surface area contributed by atoms with Crippen molar-refractivity contribution in [3.8, 4) is 0 Å². The third kappa shape index (κ3) is 6.80. The molecule has 0 spiro atoms. The van der Waals surface area contributed by atoms with Crippen LogP contribution >= 0.6 is 11.3 Å². The predicted octanol–water partition coefficient (Wildman–Crippen LogP) is 2.25. The van der Waals surface area contributed by atoms with E-state index in [0.717, 1.165) is 17.4 Å². The van der Waals surface area contributed by atoms with Gasteiger partial charge in [-0.1, -0.05) is 17.7 Å². The summed E-state index contributed by atoms with van der Waals surface area (Å²) < 4.78 is 23.1. The van der Waals surface area contributed by atoms with Crippen LogP contribution in [0.5, 0.6) is 0 Å². The number of likely N-dealkylation sites (N-methyl/N-ethyl adjacent to an activating group) is 1. The summed E-state index contributed by atoms with van der Waals surface area (Å²) in [6.07, 6.45) is 1.15. The number of nitrogens with zero attached hydrogens (tertiary/aromatic N) is 1. The van der Waals surface area contributed by atoms with Gasteiger partial charge in [0.15, 0.2) is 0 Å². The Labute approximate surface area is 164 Å². The number of hydrogen-bond donors (Lipinski definition) is 1. The number of sulfone groups is 1. The van der Waals surface area contributed by atoms with Crippen LogP contribution in [0.15, 0.2) is 41.1 Å². The van der Waals surface area contributed by atoms with Crippen LogP contribution in [0, 0.1) is 6.92 Å². The van der Waals surface area contributed by atoms with Gasteiger partial charge in [0.2, 0.25) is 5.91 Å². The summed E-state index contributed by atoms with van der Waals surface area (Å²) in [6.45, 7) is 2.27. The van der Waals surface area contributed by atoms with Crippen LogP contribution in [-0.4, -0.2) is 50.2 Å². The van der Waals surface area contributed by atoms with E-state index in [1.807, 2.05) is 29.8 Å². The van der Waals surface area contributed by atoms with Crippen molar-refractivity contribution in [2.24, 2.45) is 0 Å². The lowest BCUT2D eigenvalue weighted by Crippen LogP contribution is -2.48. The Morgan fingerprint density at radius 1 is 1.26 bits per heavy atom. The van der Waals surface area contributed by atoms with Crippen molar-refractivity contribution >= 4 is 33.0 Å². The van der Waals surface area contributed by atoms with Crippen LogP contribution in [0.4, 0.5) is 0 Å². The molecule has 6 nitrogen and oxygen atoms in total. The zero-order valence-corrected chi connectivity index (χ0v) is 17.3. The molecular formula is C19H24N2O4S2. The van der Waals surface area contributed by atoms with Crippen molar-refractivity contribution in [1.29, 1.82) is 0 Å². The fourth-order valence-corrected chi connectivity index (χ4v) is 3.94. The normalized spacial score (nSPS) is 12.4. The first kappa shape index (κ1) is 21.1. The molecule has 1 heterocycles. The molecule has 0 unspecified atom stereocenters. The maximum Gasteiger partial charge on any atom is 0.251 e. The zero-order chi connectivity index (χ0) is 20.0. The fourth-order valence-electron chi connectivity index (χ4n) is 2.62. The number of benzene rings is 1. The first-order chi connectivity index (χ1) is 12.7. The molecule has 2 aromatic rings. The summed E-state index contributed by atoms with van der Waals surface area (Å²) in [5, 5.41) is 6.57. The SMILES string of the molecule is Cc1cccc(C(=O)N[C@@H](CCS(C)(=O)=O)C(=O)N(C)Cc2ccsc2)c1. The number of amides is 2. The number of rotatable bonds is 8. The second-order valence-corrected chi connectivity index (χ2v) is 9.68. The third-order valence-corrected chi connectivity index (χ3v) is 5.75. The minimum Gasteiger partial charge on any atom is -0.340 e. The van der Waals surface area contributed by atoms with E-state index in [1.54, 1.807) is 25.2 Å². The molecule has 0 aliphatic carbocycles. The van der Waals surface area contributed by atoms with E-state index in [9.17, 15) is 18.0 Å². The van der Waals surface area contributed by atoms with Gasteiger partial charge in [-0.25, -0.2) is 8.42 Å². The molecule has 1 aromatic heterocycles. The molecule has 2 rings (SSSR count). The molecule has 0 aliphatic rings. The Hall–Kier alpha value is -2.19. The summed E-state index contributed by atoms with van der Waals surface area (Å²) in [6, 6.07) is 8.04. The van der Waals surface area contributed by atoms with E-state index in [2.05, 4.69) is 5.32 Å². The summed E-state index contributed by atoms with van der Waals surface area (Å²) in [5.41, 5.74) is 2.35. The van der Waals surface area contributed by atoms with E-state index in [-0.39, 0.29) is 18.1 Å². The monoisotopic (exact) mass is 408 g/mol. The van der Waals surface area contributed by atoms with Crippen LogP contribution in [0.2, 0.25) is 0 Å². The van der Waals surface area contributed by atoms with Gasteiger partial charge in [-0.15, -0.1) is 0 Å². The van der Waals surface area contributed by atoms with Crippen LogP contribution in [0.3, 0.4) is 0 Å². The molecule has 0 saturated heterocycles. The van der Waals surface area contributed by atoms with Gasteiger partial charge < -0.3 is 10.2 Å². The maximum atomic E-state index is 12.8. The Bertz CT molecular complexity index is 892. The predicted molar refractivity (Wildman–Crippen MR) is 108 cm³/mol. The zero-order valence-electron chi connectivity index (χ0n) is 15.6. The van der Waals surface area contributed by atoms with Crippen LogP contribution in [0.1, 0.15) is 27.9 Å². The lowest BCUT2D eigenvalue weighted by Gasteiger charge is -2.24. The van der Waals surface area contributed by atoms with Gasteiger partial charge >= 0.3 is 0 Å². The highest BCUT2D eigenvalue weighted by atomic mass is 32.2. The number of nitrogens with one attached hydrogen (secondary N) is 1. The smallest absolute Gasteiger partial charge is 0.251 e. The Kier molecular flexibility index (Phi) is 7.15. The van der Waals surface area contributed by atoms with Gasteiger partial charge in [-0.3, -0.25) is 9.59 Å². The van der Waals surface area contributed by atoms with Crippen LogP contribution < -0.4 is 5.32 Å². The number of aryl methyl sites for hydroxylation is 1. The van der Waals surface area contributed by atoms with E-state index in [0.29, 0.717) is 12.1 Å².